The summed E-state index contributed by atoms with van der Waals surface area (Å²) in [5, 5.41) is 0. The lowest BCUT2D eigenvalue weighted by molar-refractivity contribution is -0.0763. The summed E-state index contributed by atoms with van der Waals surface area (Å²) >= 11 is 2.07. The molecule has 0 bridgehead atoms. The maximum Gasteiger partial charge on any atom is 0.264 e. The summed E-state index contributed by atoms with van der Waals surface area (Å²) in [5.41, 5.74) is 0.427. The number of halogens is 1. The fraction of sp³-hybridized carbons (Fsp3) is 0.692. The first-order chi connectivity index (χ1) is 8.57. The molecule has 2 heterocycles. The Kier molecular flexibility index (Phi) is 4.42. The molecule has 1 N–H and O–H groups in total. The van der Waals surface area contributed by atoms with Gasteiger partial charge >= 0.3 is 0 Å². The van der Waals surface area contributed by atoms with Gasteiger partial charge in [-0.2, -0.15) is 0 Å². The number of aromatic nitrogens is 2. The van der Waals surface area contributed by atoms with Crippen LogP contribution in [0.2, 0.25) is 0 Å². The van der Waals surface area contributed by atoms with Crippen LogP contribution >= 0.6 is 22.6 Å². The summed E-state index contributed by atoms with van der Waals surface area (Å²) < 4.78 is 6.55. The molecular weight excluding hydrogens is 343 g/mol. The van der Waals surface area contributed by atoms with Gasteiger partial charge in [0.2, 0.25) is 0 Å². The Morgan fingerprint density at radius 3 is 2.89 bits per heavy atom. The van der Waals surface area contributed by atoms with Gasteiger partial charge in [-0.1, -0.05) is 13.3 Å². The number of rotatable bonds is 3. The number of aromatic amines is 1. The van der Waals surface area contributed by atoms with Gasteiger partial charge in [0, 0.05) is 6.61 Å². The molecule has 0 amide bonds. The first kappa shape index (κ1) is 14.0. The second-order valence-corrected chi connectivity index (χ2v) is 6.04. The van der Waals surface area contributed by atoms with Gasteiger partial charge < -0.3 is 9.72 Å². The van der Waals surface area contributed by atoms with Crippen LogP contribution in [-0.4, -0.2) is 16.6 Å². The van der Waals surface area contributed by atoms with Crippen molar-refractivity contribution in [2.24, 2.45) is 0 Å². The molecule has 1 atom stereocenters. The molecule has 0 spiro atoms. The smallest absolute Gasteiger partial charge is 0.264 e. The van der Waals surface area contributed by atoms with E-state index in [2.05, 4.69) is 39.5 Å². The van der Waals surface area contributed by atoms with Crippen LogP contribution in [0.25, 0.3) is 0 Å². The molecular formula is C13H19IN2O2. The molecule has 1 saturated heterocycles. The summed E-state index contributed by atoms with van der Waals surface area (Å²) in [5.74, 6) is 0.691. The van der Waals surface area contributed by atoms with Gasteiger partial charge in [-0.3, -0.25) is 4.79 Å². The molecule has 1 aromatic heterocycles. The lowest BCUT2D eigenvalue weighted by atomic mass is 9.95. The molecule has 0 aliphatic carbocycles. The molecule has 0 aromatic carbocycles. The second kappa shape index (κ2) is 5.69. The van der Waals surface area contributed by atoms with Gasteiger partial charge in [-0.15, -0.1) is 0 Å². The first-order valence-electron chi connectivity index (χ1n) is 6.50. The monoisotopic (exact) mass is 362 g/mol. The summed E-state index contributed by atoms with van der Waals surface area (Å²) in [6.45, 7) is 4.86. The number of hydrogen-bond donors (Lipinski definition) is 1. The van der Waals surface area contributed by atoms with Crippen LogP contribution in [-0.2, 0) is 16.8 Å². The van der Waals surface area contributed by atoms with Crippen LogP contribution in [0.4, 0.5) is 0 Å². The molecule has 0 saturated carbocycles. The zero-order chi connectivity index (χ0) is 13.2. The Labute approximate surface area is 121 Å². The molecule has 1 aliphatic rings. The maximum atomic E-state index is 12.0. The molecule has 4 nitrogen and oxygen atoms in total. The summed E-state index contributed by atoms with van der Waals surface area (Å²) in [6.07, 6.45) is 4.96. The van der Waals surface area contributed by atoms with Crippen molar-refractivity contribution in [3.63, 3.8) is 0 Å². The Balaban J connectivity index is 2.41. The third-order valence-electron chi connectivity index (χ3n) is 3.39. The lowest BCUT2D eigenvalue weighted by Gasteiger charge is -2.33. The lowest BCUT2D eigenvalue weighted by Crippen LogP contribution is -2.35. The van der Waals surface area contributed by atoms with Crippen LogP contribution in [0.3, 0.4) is 0 Å². The van der Waals surface area contributed by atoms with Gasteiger partial charge in [0.05, 0.1) is 9.26 Å². The third-order valence-corrected chi connectivity index (χ3v) is 4.50. The largest absolute Gasteiger partial charge is 0.367 e. The van der Waals surface area contributed by atoms with Crippen LogP contribution in [0.15, 0.2) is 4.79 Å². The van der Waals surface area contributed by atoms with Crippen molar-refractivity contribution in [3.05, 3.63) is 25.4 Å². The van der Waals surface area contributed by atoms with E-state index in [4.69, 9.17) is 4.74 Å². The number of hydrogen-bond acceptors (Lipinski definition) is 3. The topological polar surface area (TPSA) is 55.0 Å². The normalized spacial score (nSPS) is 24.2. The van der Waals surface area contributed by atoms with E-state index in [0.29, 0.717) is 9.39 Å². The third kappa shape index (κ3) is 2.77. The number of ether oxygens (including phenoxy) is 1. The van der Waals surface area contributed by atoms with Crippen LogP contribution in [0.1, 0.15) is 51.0 Å². The van der Waals surface area contributed by atoms with Crippen molar-refractivity contribution in [2.45, 2.75) is 51.6 Å². The van der Waals surface area contributed by atoms with Crippen molar-refractivity contribution in [3.8, 4) is 0 Å². The van der Waals surface area contributed by atoms with E-state index >= 15 is 0 Å². The van der Waals surface area contributed by atoms with Crippen molar-refractivity contribution >= 4 is 22.6 Å². The minimum atomic E-state index is -0.426. The molecule has 100 valence electrons. The average molecular weight is 362 g/mol. The highest BCUT2D eigenvalue weighted by molar-refractivity contribution is 14.1. The van der Waals surface area contributed by atoms with Gasteiger partial charge in [0.1, 0.15) is 11.4 Å². The Morgan fingerprint density at radius 1 is 1.50 bits per heavy atom. The van der Waals surface area contributed by atoms with E-state index in [9.17, 15) is 4.79 Å². The van der Waals surface area contributed by atoms with E-state index in [1.165, 1.54) is 0 Å². The van der Waals surface area contributed by atoms with E-state index in [-0.39, 0.29) is 5.56 Å². The maximum absolute atomic E-state index is 12.0. The molecule has 5 heteroatoms. The highest BCUT2D eigenvalue weighted by Crippen LogP contribution is 2.32. The quantitative estimate of drug-likeness (QED) is 0.842. The number of nitrogens with one attached hydrogen (secondary N) is 1. The molecule has 18 heavy (non-hydrogen) atoms. The van der Waals surface area contributed by atoms with Gasteiger partial charge in [-0.05, 0) is 55.2 Å². The van der Waals surface area contributed by atoms with Crippen molar-refractivity contribution in [1.82, 2.24) is 9.97 Å². The van der Waals surface area contributed by atoms with E-state index in [0.717, 1.165) is 44.4 Å². The van der Waals surface area contributed by atoms with Crippen molar-refractivity contribution in [2.75, 3.05) is 6.61 Å². The van der Waals surface area contributed by atoms with Gasteiger partial charge in [0.15, 0.2) is 0 Å². The Bertz CT molecular complexity index is 478. The van der Waals surface area contributed by atoms with E-state index in [1.54, 1.807) is 0 Å². The predicted molar refractivity (Wildman–Crippen MR) is 78.7 cm³/mol. The van der Waals surface area contributed by atoms with Crippen molar-refractivity contribution < 1.29 is 4.74 Å². The summed E-state index contributed by atoms with van der Waals surface area (Å²) in [4.78, 5) is 19.5. The summed E-state index contributed by atoms with van der Waals surface area (Å²) in [7, 11) is 0. The molecule has 1 aliphatic heterocycles. The minimum absolute atomic E-state index is 0.0422. The number of aryl methyl sites for hydroxylation is 1. The number of H-pyrrole nitrogens is 1. The van der Waals surface area contributed by atoms with Gasteiger partial charge in [-0.25, -0.2) is 4.98 Å². The minimum Gasteiger partial charge on any atom is -0.367 e. The average Bonchev–Trinajstić information content (AvgIpc) is 2.36. The standard InChI is InChI=1S/C13H19IN2O2/c1-3-6-9-10(14)11(17)16-12(15-9)13(2)7-4-5-8-18-13/h3-8H2,1-2H3,(H,15,16,17). The SMILES string of the molecule is CCCc1nc(C2(C)CCCCO2)[nH]c(=O)c1I. The van der Waals surface area contributed by atoms with Crippen LogP contribution in [0.5, 0.6) is 0 Å². The van der Waals surface area contributed by atoms with Crippen LogP contribution in [0, 0.1) is 3.57 Å². The molecule has 1 unspecified atom stereocenters. The van der Waals surface area contributed by atoms with Gasteiger partial charge in [0.25, 0.3) is 5.56 Å². The zero-order valence-corrected chi connectivity index (χ0v) is 13.0. The molecule has 1 aromatic rings. The highest BCUT2D eigenvalue weighted by Gasteiger charge is 2.33. The van der Waals surface area contributed by atoms with E-state index < -0.39 is 5.60 Å². The van der Waals surface area contributed by atoms with E-state index in [1.807, 2.05) is 6.92 Å². The molecule has 1 fully saturated rings. The second-order valence-electron chi connectivity index (χ2n) is 4.96. The Hall–Kier alpha value is -0.430. The summed E-state index contributed by atoms with van der Waals surface area (Å²) in [6, 6.07) is 0. The predicted octanol–water partition coefficient (Wildman–Crippen LogP) is 2.74. The molecule has 0 radical (unpaired) electrons. The van der Waals surface area contributed by atoms with Crippen LogP contribution < -0.4 is 5.56 Å². The first-order valence-corrected chi connectivity index (χ1v) is 7.58. The zero-order valence-electron chi connectivity index (χ0n) is 10.9. The van der Waals surface area contributed by atoms with Crippen molar-refractivity contribution in [1.29, 1.82) is 0 Å². The highest BCUT2D eigenvalue weighted by atomic mass is 127. The Morgan fingerprint density at radius 2 is 2.28 bits per heavy atom. The molecule has 2 rings (SSSR count). The number of nitrogens with zero attached hydrogens (tertiary/aromatic N) is 1. The fourth-order valence-corrected chi connectivity index (χ4v) is 2.80. The fourth-order valence-electron chi connectivity index (χ4n) is 2.28.